The van der Waals surface area contributed by atoms with Crippen LogP contribution in [0.3, 0.4) is 0 Å². The molecule has 1 N–H and O–H groups in total. The molecule has 0 spiro atoms. The third-order valence-electron chi connectivity index (χ3n) is 12.2. The van der Waals surface area contributed by atoms with Gasteiger partial charge in [-0.25, -0.2) is 28.5 Å². The summed E-state index contributed by atoms with van der Waals surface area (Å²) in [6, 6.07) is 25.0. The van der Waals surface area contributed by atoms with Crippen molar-refractivity contribution in [2.75, 3.05) is 14.2 Å². The number of allylic oxidation sites excluding steroid dienone is 4. The normalized spacial score (nSPS) is 21.0. The SMILES string of the molecule is COc1cc2nc(CCn3c(=O)n4n(c3=O)[C@@H]3C[C@H]5C(=O)C(c6ccccc6)=CC(=O)[C@@]5(c5ccccc5)[C@@H](c5cc(Cl)ccc5O)C3=CC4)c(=O)n(C)c2cc1OC. The van der Waals surface area contributed by atoms with Crippen molar-refractivity contribution >= 4 is 39.8 Å². The molecule has 6 aromatic rings. The number of nitrogens with zero attached hydrogens (tertiary/aromatic N) is 5. The number of benzene rings is 4. The summed E-state index contributed by atoms with van der Waals surface area (Å²) in [4.78, 5) is 77.3. The zero-order valence-corrected chi connectivity index (χ0v) is 33.1. The smallest absolute Gasteiger partial charge is 0.347 e. The number of halogens is 1. The molecule has 2 aromatic heterocycles. The van der Waals surface area contributed by atoms with E-state index in [-0.39, 0.29) is 54.5 Å². The lowest BCUT2D eigenvalue weighted by Crippen LogP contribution is -2.58. The molecule has 0 radical (unpaired) electrons. The molecule has 4 atom stereocenters. The van der Waals surface area contributed by atoms with Crippen LogP contribution in [0.25, 0.3) is 16.6 Å². The van der Waals surface area contributed by atoms with Gasteiger partial charge in [-0.05, 0) is 47.4 Å². The van der Waals surface area contributed by atoms with Gasteiger partial charge < -0.3 is 19.1 Å². The van der Waals surface area contributed by atoms with E-state index in [1.165, 1.54) is 46.4 Å². The third kappa shape index (κ3) is 5.66. The molecule has 9 rings (SSSR count). The first-order chi connectivity index (χ1) is 28.5. The number of rotatable bonds is 8. The molecule has 13 nitrogen and oxygen atoms in total. The number of ether oxygens (including phenoxy) is 2. The highest BCUT2D eigenvalue weighted by Crippen LogP contribution is 2.62. The molecule has 59 heavy (non-hydrogen) atoms. The average molecular weight is 812 g/mol. The molecule has 0 bridgehead atoms. The molecule has 298 valence electrons. The Kier molecular flexibility index (Phi) is 9.15. The summed E-state index contributed by atoms with van der Waals surface area (Å²) in [5.74, 6) is -1.93. The zero-order valence-electron chi connectivity index (χ0n) is 32.3. The van der Waals surface area contributed by atoms with Crippen LogP contribution in [0.5, 0.6) is 17.2 Å². The maximum absolute atomic E-state index is 15.2. The monoisotopic (exact) mass is 811 g/mol. The molecule has 2 aliphatic carbocycles. The van der Waals surface area contributed by atoms with E-state index in [1.807, 2.05) is 30.3 Å². The average Bonchev–Trinajstić information content (AvgIpc) is 3.50. The highest BCUT2D eigenvalue weighted by Gasteiger charge is 2.63. The number of ketones is 2. The van der Waals surface area contributed by atoms with E-state index in [1.54, 1.807) is 61.6 Å². The number of Topliss-reactive ketones (excluding diaryl/α,β-unsaturated/α-hetero) is 1. The number of hydrogen-bond acceptors (Lipinski definition) is 9. The summed E-state index contributed by atoms with van der Waals surface area (Å²) < 4.78 is 16.1. The number of aromatic hydroxyl groups is 1. The molecule has 3 heterocycles. The molecule has 1 saturated carbocycles. The van der Waals surface area contributed by atoms with Gasteiger partial charge in [-0.2, -0.15) is 0 Å². The lowest BCUT2D eigenvalue weighted by Gasteiger charge is -2.54. The van der Waals surface area contributed by atoms with Crippen LogP contribution in [0.15, 0.2) is 123 Å². The van der Waals surface area contributed by atoms with Gasteiger partial charge in [0.25, 0.3) is 5.56 Å². The number of carbonyl (C=O) groups excluding carboxylic acids is 2. The van der Waals surface area contributed by atoms with Gasteiger partial charge in [-0.3, -0.25) is 14.4 Å². The number of hydrogen-bond donors (Lipinski definition) is 1. The van der Waals surface area contributed by atoms with Gasteiger partial charge in [0.15, 0.2) is 23.1 Å². The van der Waals surface area contributed by atoms with Crippen molar-refractivity contribution in [1.82, 2.24) is 23.5 Å². The van der Waals surface area contributed by atoms with E-state index >= 15 is 9.59 Å². The van der Waals surface area contributed by atoms with E-state index in [2.05, 4.69) is 4.98 Å². The van der Waals surface area contributed by atoms with Crippen LogP contribution in [-0.2, 0) is 41.6 Å². The van der Waals surface area contributed by atoms with E-state index in [0.29, 0.717) is 49.8 Å². The minimum Gasteiger partial charge on any atom is -0.508 e. The van der Waals surface area contributed by atoms with Crippen LogP contribution >= 0.6 is 11.6 Å². The predicted molar refractivity (Wildman–Crippen MR) is 220 cm³/mol. The first-order valence-corrected chi connectivity index (χ1v) is 19.5. The van der Waals surface area contributed by atoms with Crippen LogP contribution in [0.2, 0.25) is 5.02 Å². The minimum atomic E-state index is -1.55. The third-order valence-corrected chi connectivity index (χ3v) is 12.5. The lowest BCUT2D eigenvalue weighted by molar-refractivity contribution is -0.133. The van der Waals surface area contributed by atoms with Crippen LogP contribution in [0, 0.1) is 5.92 Å². The van der Waals surface area contributed by atoms with Crippen LogP contribution in [0.4, 0.5) is 0 Å². The predicted octanol–water partition coefficient (Wildman–Crippen LogP) is 5.14. The van der Waals surface area contributed by atoms with Gasteiger partial charge >= 0.3 is 11.4 Å². The van der Waals surface area contributed by atoms with Crippen molar-refractivity contribution in [3.05, 3.63) is 167 Å². The van der Waals surface area contributed by atoms with Crippen molar-refractivity contribution < 1.29 is 24.2 Å². The second-order valence-corrected chi connectivity index (χ2v) is 15.5. The molecular weight excluding hydrogens is 774 g/mol. The van der Waals surface area contributed by atoms with Crippen molar-refractivity contribution in [2.45, 2.75) is 43.3 Å². The number of methoxy groups -OCH3 is 2. The lowest BCUT2D eigenvalue weighted by atomic mass is 9.47. The fourth-order valence-corrected chi connectivity index (χ4v) is 9.75. The molecule has 4 aromatic carbocycles. The maximum Gasteiger partial charge on any atom is 0.347 e. The first-order valence-electron chi connectivity index (χ1n) is 19.1. The Morgan fingerprint density at radius 1 is 0.881 bits per heavy atom. The fraction of sp³-hybridized carbons (Fsp3) is 0.244. The number of aromatic nitrogens is 5. The van der Waals surface area contributed by atoms with Gasteiger partial charge in [0.1, 0.15) is 11.4 Å². The summed E-state index contributed by atoms with van der Waals surface area (Å²) in [5, 5.41) is 11.9. The molecule has 14 heteroatoms. The maximum atomic E-state index is 15.2. The highest BCUT2D eigenvalue weighted by atomic mass is 35.5. The Hall–Kier alpha value is -6.73. The summed E-state index contributed by atoms with van der Waals surface area (Å²) in [5.41, 5.74) is 0.204. The Morgan fingerprint density at radius 3 is 2.29 bits per heavy atom. The Balaban J connectivity index is 1.19. The van der Waals surface area contributed by atoms with Gasteiger partial charge in [-0.15, -0.1) is 0 Å². The van der Waals surface area contributed by atoms with E-state index in [0.717, 1.165) is 4.57 Å². The van der Waals surface area contributed by atoms with Crippen molar-refractivity contribution in [1.29, 1.82) is 0 Å². The Labute approximate surface area is 341 Å². The number of phenolic OH excluding ortho intramolecular Hbond substituents is 1. The molecule has 1 fully saturated rings. The second-order valence-electron chi connectivity index (χ2n) is 15.0. The number of fused-ring (bicyclic) bond motifs is 5. The van der Waals surface area contributed by atoms with Crippen LogP contribution in [0.1, 0.15) is 40.8 Å². The number of aryl methyl sites for hydroxylation is 2. The van der Waals surface area contributed by atoms with Gasteiger partial charge in [0.05, 0.1) is 43.3 Å². The van der Waals surface area contributed by atoms with E-state index in [9.17, 15) is 19.5 Å². The van der Waals surface area contributed by atoms with Gasteiger partial charge in [-0.1, -0.05) is 78.3 Å². The van der Waals surface area contributed by atoms with Crippen molar-refractivity contribution in [2.24, 2.45) is 13.0 Å². The van der Waals surface area contributed by atoms with E-state index < -0.39 is 40.2 Å². The highest BCUT2D eigenvalue weighted by molar-refractivity contribution is 6.32. The standard InChI is InChI=1S/C45H38ClN5O8/c1-48-35-24-38(59-3)37(58-2)23-33(35)47-32(42(48)55)17-18-49-43(56)50-19-16-28-34(51(50)44(49)57)22-31-41(54)29(25-10-6-4-7-11-25)21-39(53)45(31,26-12-8-5-9-13-26)40(28)30-20-27(46)14-15-36(30)52/h4-16,20-21,23-24,31,34,40,52H,17-19,22H2,1-3H3/t31-,34+,40+,45-/m0/s1. The van der Waals surface area contributed by atoms with Crippen molar-refractivity contribution in [3.63, 3.8) is 0 Å². The summed E-state index contributed by atoms with van der Waals surface area (Å²) >= 11 is 6.60. The van der Waals surface area contributed by atoms with Crippen LogP contribution in [-0.4, -0.2) is 54.4 Å². The largest absolute Gasteiger partial charge is 0.508 e. The summed E-state index contributed by atoms with van der Waals surface area (Å²) in [6.07, 6.45) is 3.18. The number of carbonyl (C=O) groups is 2. The van der Waals surface area contributed by atoms with Crippen molar-refractivity contribution in [3.8, 4) is 17.2 Å². The number of phenols is 1. The fourth-order valence-electron chi connectivity index (χ4n) is 9.57. The molecule has 0 unspecified atom stereocenters. The minimum absolute atomic E-state index is 0.00523. The molecule has 1 aliphatic heterocycles. The Morgan fingerprint density at radius 2 is 1.58 bits per heavy atom. The summed E-state index contributed by atoms with van der Waals surface area (Å²) in [7, 11) is 4.60. The quantitative estimate of drug-likeness (QED) is 0.206. The molecule has 0 amide bonds. The zero-order chi connectivity index (χ0) is 41.3. The second kappa shape index (κ2) is 14.3. The molecular formula is C45H38ClN5O8. The van der Waals surface area contributed by atoms with Crippen LogP contribution < -0.4 is 26.4 Å². The van der Waals surface area contributed by atoms with Gasteiger partial charge in [0, 0.05) is 60.1 Å². The topological polar surface area (TPSA) is 157 Å². The molecule has 3 aliphatic rings. The first kappa shape index (κ1) is 37.8. The van der Waals surface area contributed by atoms with Gasteiger partial charge in [0.2, 0.25) is 0 Å². The molecule has 0 saturated heterocycles. The summed E-state index contributed by atoms with van der Waals surface area (Å²) in [6.45, 7) is -0.201. The Bertz CT molecular complexity index is 2980. The van der Waals surface area contributed by atoms with E-state index in [4.69, 9.17) is 21.1 Å².